The van der Waals surface area contributed by atoms with E-state index in [1.807, 2.05) is 45.0 Å². The van der Waals surface area contributed by atoms with Gasteiger partial charge in [0.05, 0.1) is 11.4 Å². The lowest BCUT2D eigenvalue weighted by atomic mass is 9.54. The van der Waals surface area contributed by atoms with Crippen molar-refractivity contribution in [3.63, 3.8) is 0 Å². The SMILES string of the molecule is CCOC1CC(NC(=O)C2Cc3ccccc3S2)(C(=O)O)C1(C)C. The summed E-state index contributed by atoms with van der Waals surface area (Å²) < 4.78 is 5.64. The molecule has 0 spiro atoms. The number of thioether (sulfide) groups is 1. The zero-order chi connectivity index (χ0) is 17.5. The maximum absolute atomic E-state index is 12.7. The summed E-state index contributed by atoms with van der Waals surface area (Å²) in [5, 5.41) is 12.4. The number of rotatable bonds is 5. The minimum atomic E-state index is -1.26. The van der Waals surface area contributed by atoms with Gasteiger partial charge in [-0.2, -0.15) is 0 Å². The van der Waals surface area contributed by atoms with Gasteiger partial charge in [-0.05, 0) is 25.0 Å². The van der Waals surface area contributed by atoms with Crippen molar-refractivity contribution in [2.75, 3.05) is 6.61 Å². The Balaban J connectivity index is 1.74. The maximum Gasteiger partial charge on any atom is 0.330 e. The minimum absolute atomic E-state index is 0.160. The molecule has 6 heteroatoms. The summed E-state index contributed by atoms with van der Waals surface area (Å²) in [6, 6.07) is 7.92. The number of benzene rings is 1. The van der Waals surface area contributed by atoms with Gasteiger partial charge in [-0.3, -0.25) is 4.79 Å². The highest BCUT2D eigenvalue weighted by Crippen LogP contribution is 2.52. The molecule has 24 heavy (non-hydrogen) atoms. The molecule has 3 rings (SSSR count). The van der Waals surface area contributed by atoms with E-state index in [9.17, 15) is 14.7 Å². The number of nitrogens with one attached hydrogen (secondary N) is 1. The Labute approximate surface area is 146 Å². The standard InChI is InChI=1S/C18H23NO4S/c1-4-23-14-10-18(16(21)22,17(14,2)3)19-15(20)13-9-11-7-5-6-8-12(11)24-13/h5-8,13-14H,4,9-10H2,1-3H3,(H,19,20)(H,21,22). The summed E-state index contributed by atoms with van der Waals surface area (Å²) in [5.41, 5.74) is -0.771. The Morgan fingerprint density at radius 2 is 2.08 bits per heavy atom. The van der Waals surface area contributed by atoms with Crippen LogP contribution in [0.3, 0.4) is 0 Å². The molecular weight excluding hydrogens is 326 g/mol. The van der Waals surface area contributed by atoms with Crippen molar-refractivity contribution in [2.24, 2.45) is 5.41 Å². The molecule has 5 nitrogen and oxygen atoms in total. The molecule has 2 N–H and O–H groups in total. The predicted octanol–water partition coefficient (Wildman–Crippen LogP) is 2.48. The summed E-state index contributed by atoms with van der Waals surface area (Å²) in [7, 11) is 0. The lowest BCUT2D eigenvalue weighted by molar-refractivity contribution is -0.194. The van der Waals surface area contributed by atoms with Crippen molar-refractivity contribution >= 4 is 23.6 Å². The van der Waals surface area contributed by atoms with Crippen LogP contribution in [0.5, 0.6) is 0 Å². The minimum Gasteiger partial charge on any atom is -0.479 e. The van der Waals surface area contributed by atoms with Gasteiger partial charge >= 0.3 is 5.97 Å². The molecule has 3 unspecified atom stereocenters. The second-order valence-corrected chi connectivity index (χ2v) is 8.23. The van der Waals surface area contributed by atoms with Crippen molar-refractivity contribution in [2.45, 2.75) is 55.4 Å². The molecule has 0 radical (unpaired) electrons. The first kappa shape index (κ1) is 17.3. The van der Waals surface area contributed by atoms with E-state index in [1.54, 1.807) is 0 Å². The first-order valence-electron chi connectivity index (χ1n) is 8.23. The molecule has 1 aromatic rings. The van der Waals surface area contributed by atoms with Crippen molar-refractivity contribution < 1.29 is 19.4 Å². The maximum atomic E-state index is 12.7. The molecule has 3 atom stereocenters. The smallest absolute Gasteiger partial charge is 0.330 e. The van der Waals surface area contributed by atoms with Gasteiger partial charge in [0, 0.05) is 23.3 Å². The van der Waals surface area contributed by atoms with E-state index in [4.69, 9.17) is 4.74 Å². The van der Waals surface area contributed by atoms with Crippen molar-refractivity contribution in [1.29, 1.82) is 0 Å². The molecular formula is C18H23NO4S. The van der Waals surface area contributed by atoms with E-state index in [-0.39, 0.29) is 17.3 Å². The van der Waals surface area contributed by atoms with Gasteiger partial charge in [0.15, 0.2) is 0 Å². The summed E-state index contributed by atoms with van der Waals surface area (Å²) in [5.74, 6) is -1.20. The molecule has 0 aromatic heterocycles. The largest absolute Gasteiger partial charge is 0.479 e. The number of amides is 1. The number of ether oxygens (including phenoxy) is 1. The predicted molar refractivity (Wildman–Crippen MR) is 92.1 cm³/mol. The van der Waals surface area contributed by atoms with Crippen LogP contribution >= 0.6 is 11.8 Å². The number of aliphatic carboxylic acids is 1. The van der Waals surface area contributed by atoms with Gasteiger partial charge in [0.2, 0.25) is 5.91 Å². The van der Waals surface area contributed by atoms with Gasteiger partial charge in [0.25, 0.3) is 0 Å². The second-order valence-electron chi connectivity index (χ2n) is 6.99. The zero-order valence-electron chi connectivity index (χ0n) is 14.2. The number of carbonyl (C=O) groups excluding carboxylic acids is 1. The Bertz CT molecular complexity index is 650. The topological polar surface area (TPSA) is 75.6 Å². The third-order valence-corrected chi connectivity index (χ3v) is 6.72. The van der Waals surface area contributed by atoms with Crippen LogP contribution in [0, 0.1) is 5.41 Å². The number of hydrogen-bond acceptors (Lipinski definition) is 4. The summed E-state index contributed by atoms with van der Waals surface area (Å²) in [4.78, 5) is 25.8. The van der Waals surface area contributed by atoms with Crippen LogP contribution in [0.25, 0.3) is 0 Å². The molecule has 1 aromatic carbocycles. The summed E-state index contributed by atoms with van der Waals surface area (Å²) >= 11 is 1.51. The number of carboxylic acids is 1. The third-order valence-electron chi connectivity index (χ3n) is 5.41. The van der Waals surface area contributed by atoms with Crippen LogP contribution in [0.15, 0.2) is 29.2 Å². The molecule has 0 bridgehead atoms. The highest BCUT2D eigenvalue weighted by molar-refractivity contribution is 8.01. The van der Waals surface area contributed by atoms with Crippen LogP contribution in [0.1, 0.15) is 32.8 Å². The Kier molecular flexibility index (Phi) is 4.38. The monoisotopic (exact) mass is 349 g/mol. The van der Waals surface area contributed by atoms with Gasteiger partial charge in [-0.15, -0.1) is 11.8 Å². The quantitative estimate of drug-likeness (QED) is 0.854. The Morgan fingerprint density at radius 3 is 2.67 bits per heavy atom. The van der Waals surface area contributed by atoms with Gasteiger partial charge < -0.3 is 15.2 Å². The molecule has 1 aliphatic heterocycles. The average molecular weight is 349 g/mol. The lowest BCUT2D eigenvalue weighted by Crippen LogP contribution is -2.76. The normalized spacial score (nSPS) is 30.3. The number of hydrogen-bond donors (Lipinski definition) is 2. The van der Waals surface area contributed by atoms with E-state index >= 15 is 0 Å². The molecule has 130 valence electrons. The van der Waals surface area contributed by atoms with E-state index in [1.165, 1.54) is 11.8 Å². The van der Waals surface area contributed by atoms with E-state index < -0.39 is 16.9 Å². The van der Waals surface area contributed by atoms with Crippen molar-refractivity contribution in [3.8, 4) is 0 Å². The van der Waals surface area contributed by atoms with E-state index in [0.717, 1.165) is 10.5 Å². The summed E-state index contributed by atoms with van der Waals surface area (Å²) in [6.07, 6.45) is 0.782. The van der Waals surface area contributed by atoms with Crippen LogP contribution < -0.4 is 5.32 Å². The first-order chi connectivity index (χ1) is 11.3. The van der Waals surface area contributed by atoms with E-state index in [2.05, 4.69) is 5.32 Å². The van der Waals surface area contributed by atoms with E-state index in [0.29, 0.717) is 19.4 Å². The highest BCUT2D eigenvalue weighted by atomic mass is 32.2. The first-order valence-corrected chi connectivity index (χ1v) is 9.11. The number of fused-ring (bicyclic) bond motifs is 1. The molecule has 1 fully saturated rings. The van der Waals surface area contributed by atoms with Gasteiger partial charge in [-0.25, -0.2) is 4.79 Å². The number of carboxylic acid groups (broad SMARTS) is 1. The van der Waals surface area contributed by atoms with Crippen molar-refractivity contribution in [3.05, 3.63) is 29.8 Å². The van der Waals surface area contributed by atoms with Crippen molar-refractivity contribution in [1.82, 2.24) is 5.32 Å². The molecule has 0 saturated heterocycles. The zero-order valence-corrected chi connectivity index (χ0v) is 15.0. The summed E-state index contributed by atoms with van der Waals surface area (Å²) in [6.45, 7) is 6.12. The molecule has 1 heterocycles. The van der Waals surface area contributed by atoms with Crippen LogP contribution in [-0.2, 0) is 20.7 Å². The Morgan fingerprint density at radius 1 is 1.38 bits per heavy atom. The average Bonchev–Trinajstić information content (AvgIpc) is 2.97. The fourth-order valence-corrected chi connectivity index (χ4v) is 4.85. The Hall–Kier alpha value is -1.53. The fraction of sp³-hybridized carbons (Fsp3) is 0.556. The molecule has 1 saturated carbocycles. The van der Waals surface area contributed by atoms with Gasteiger partial charge in [-0.1, -0.05) is 32.0 Å². The molecule has 1 amide bonds. The third kappa shape index (κ3) is 2.52. The highest BCUT2D eigenvalue weighted by Gasteiger charge is 2.66. The van der Waals surface area contributed by atoms with Crippen LogP contribution in [0.2, 0.25) is 0 Å². The van der Waals surface area contributed by atoms with Gasteiger partial charge in [0.1, 0.15) is 5.54 Å². The molecule has 2 aliphatic rings. The fourth-order valence-electron chi connectivity index (χ4n) is 3.66. The van der Waals surface area contributed by atoms with Crippen LogP contribution in [-0.4, -0.2) is 40.5 Å². The molecule has 1 aliphatic carbocycles. The van der Waals surface area contributed by atoms with Crippen LogP contribution in [0.4, 0.5) is 0 Å². The second kappa shape index (κ2) is 6.08. The lowest BCUT2D eigenvalue weighted by Gasteiger charge is -2.58. The number of carbonyl (C=O) groups is 2.